The van der Waals surface area contributed by atoms with E-state index in [1.807, 2.05) is 45.9 Å². The van der Waals surface area contributed by atoms with Gasteiger partial charge in [-0.1, -0.05) is 23.7 Å². The van der Waals surface area contributed by atoms with Crippen LogP contribution in [0.3, 0.4) is 0 Å². The van der Waals surface area contributed by atoms with Crippen molar-refractivity contribution in [3.63, 3.8) is 0 Å². The SMILES string of the molecule is COc1cc(/C=C/C(=O)N(C)CC(=O)Nc2cccc(C)c2C)cc(Cl)c1OC(C)C. The second-order valence-corrected chi connectivity index (χ2v) is 7.93. The minimum atomic E-state index is -0.311. The van der Waals surface area contributed by atoms with E-state index >= 15 is 0 Å². The van der Waals surface area contributed by atoms with Gasteiger partial charge in [-0.25, -0.2) is 0 Å². The molecule has 2 rings (SSSR count). The first-order chi connectivity index (χ1) is 14.6. The highest BCUT2D eigenvalue weighted by Crippen LogP contribution is 2.37. The monoisotopic (exact) mass is 444 g/mol. The van der Waals surface area contributed by atoms with E-state index in [9.17, 15) is 9.59 Å². The number of ether oxygens (including phenoxy) is 2. The summed E-state index contributed by atoms with van der Waals surface area (Å²) in [6, 6.07) is 9.13. The lowest BCUT2D eigenvalue weighted by molar-refractivity contribution is -0.129. The Morgan fingerprint density at radius 2 is 1.94 bits per heavy atom. The number of carbonyl (C=O) groups excluding carboxylic acids is 2. The Balaban J connectivity index is 2.04. The maximum absolute atomic E-state index is 12.4. The van der Waals surface area contributed by atoms with E-state index in [-0.39, 0.29) is 24.5 Å². The fraction of sp³-hybridized carbons (Fsp3) is 0.333. The molecular formula is C24H29ClN2O4. The second kappa shape index (κ2) is 10.9. The molecule has 31 heavy (non-hydrogen) atoms. The Bertz CT molecular complexity index is 986. The smallest absolute Gasteiger partial charge is 0.246 e. The molecule has 0 radical (unpaired) electrons. The first kappa shape index (κ1) is 24.3. The van der Waals surface area contributed by atoms with Crippen molar-refractivity contribution in [2.75, 3.05) is 26.0 Å². The first-order valence-electron chi connectivity index (χ1n) is 9.95. The van der Waals surface area contributed by atoms with Crippen LogP contribution in [0.15, 0.2) is 36.4 Å². The third-order valence-electron chi connectivity index (χ3n) is 4.66. The molecule has 1 N–H and O–H groups in total. The quantitative estimate of drug-likeness (QED) is 0.590. The molecule has 2 amide bonds. The molecule has 0 bridgehead atoms. The van der Waals surface area contributed by atoms with Gasteiger partial charge >= 0.3 is 0 Å². The van der Waals surface area contributed by atoms with Gasteiger partial charge in [-0.2, -0.15) is 0 Å². The summed E-state index contributed by atoms with van der Waals surface area (Å²) < 4.78 is 11.1. The number of benzene rings is 2. The molecule has 2 aromatic rings. The van der Waals surface area contributed by atoms with Gasteiger partial charge in [-0.15, -0.1) is 0 Å². The summed E-state index contributed by atoms with van der Waals surface area (Å²) >= 11 is 6.32. The van der Waals surface area contributed by atoms with E-state index in [2.05, 4.69) is 5.32 Å². The topological polar surface area (TPSA) is 67.9 Å². The van der Waals surface area contributed by atoms with Crippen LogP contribution in [-0.4, -0.2) is 43.5 Å². The molecule has 0 aliphatic carbocycles. The normalized spacial score (nSPS) is 11.0. The zero-order chi connectivity index (χ0) is 23.1. The van der Waals surface area contributed by atoms with E-state index < -0.39 is 0 Å². The van der Waals surface area contributed by atoms with Crippen molar-refractivity contribution < 1.29 is 19.1 Å². The van der Waals surface area contributed by atoms with Crippen LogP contribution in [0, 0.1) is 13.8 Å². The molecule has 0 spiro atoms. The largest absolute Gasteiger partial charge is 0.493 e. The van der Waals surface area contributed by atoms with Gasteiger partial charge in [0, 0.05) is 18.8 Å². The van der Waals surface area contributed by atoms with Crippen molar-refractivity contribution >= 4 is 35.2 Å². The number of hydrogen-bond donors (Lipinski definition) is 1. The molecule has 0 aromatic heterocycles. The minimum absolute atomic E-state index is 0.0576. The predicted octanol–water partition coefficient (Wildman–Crippen LogP) is 4.86. The Hall–Kier alpha value is -2.99. The van der Waals surface area contributed by atoms with Gasteiger partial charge in [-0.3, -0.25) is 9.59 Å². The molecule has 166 valence electrons. The van der Waals surface area contributed by atoms with Gasteiger partial charge in [0.25, 0.3) is 0 Å². The van der Waals surface area contributed by atoms with Crippen molar-refractivity contribution in [1.29, 1.82) is 0 Å². The summed E-state index contributed by atoms with van der Waals surface area (Å²) in [7, 11) is 3.10. The van der Waals surface area contributed by atoms with Gasteiger partial charge in [0.15, 0.2) is 11.5 Å². The fourth-order valence-corrected chi connectivity index (χ4v) is 3.11. The van der Waals surface area contributed by atoms with Crippen LogP contribution in [0.1, 0.15) is 30.5 Å². The number of carbonyl (C=O) groups is 2. The van der Waals surface area contributed by atoms with Crippen molar-refractivity contribution in [2.24, 2.45) is 0 Å². The van der Waals surface area contributed by atoms with Crippen molar-refractivity contribution in [2.45, 2.75) is 33.8 Å². The number of nitrogens with zero attached hydrogens (tertiary/aromatic N) is 1. The zero-order valence-electron chi connectivity index (χ0n) is 18.8. The summed E-state index contributed by atoms with van der Waals surface area (Å²) in [5.41, 5.74) is 3.51. The Labute approximate surface area is 188 Å². The number of rotatable bonds is 8. The number of halogens is 1. The number of amides is 2. The number of aryl methyl sites for hydroxylation is 1. The third kappa shape index (κ3) is 6.76. The number of likely N-dealkylation sites (N-methyl/N-ethyl adjacent to an activating group) is 1. The minimum Gasteiger partial charge on any atom is -0.493 e. The highest BCUT2D eigenvalue weighted by Gasteiger charge is 2.14. The summed E-state index contributed by atoms with van der Waals surface area (Å²) in [5, 5.41) is 3.24. The molecular weight excluding hydrogens is 416 g/mol. The number of methoxy groups -OCH3 is 1. The molecule has 2 aromatic carbocycles. The van der Waals surface area contributed by atoms with Crippen LogP contribution in [0.25, 0.3) is 6.08 Å². The van der Waals surface area contributed by atoms with Crippen LogP contribution >= 0.6 is 11.6 Å². The van der Waals surface area contributed by atoms with E-state index in [4.69, 9.17) is 21.1 Å². The third-order valence-corrected chi connectivity index (χ3v) is 4.94. The molecule has 0 heterocycles. The first-order valence-corrected chi connectivity index (χ1v) is 10.3. The van der Waals surface area contributed by atoms with Gasteiger partial charge in [-0.05, 0) is 68.7 Å². The lowest BCUT2D eigenvalue weighted by atomic mass is 10.1. The molecule has 7 heteroatoms. The van der Waals surface area contributed by atoms with E-state index in [1.54, 1.807) is 25.3 Å². The number of anilines is 1. The highest BCUT2D eigenvalue weighted by atomic mass is 35.5. The fourth-order valence-electron chi connectivity index (χ4n) is 2.85. The maximum atomic E-state index is 12.4. The average molecular weight is 445 g/mol. The van der Waals surface area contributed by atoms with E-state index in [0.717, 1.165) is 16.8 Å². The van der Waals surface area contributed by atoms with Crippen LogP contribution in [0.2, 0.25) is 5.02 Å². The number of hydrogen-bond acceptors (Lipinski definition) is 4. The van der Waals surface area contributed by atoms with E-state index in [1.165, 1.54) is 18.1 Å². The lowest BCUT2D eigenvalue weighted by Gasteiger charge is -2.17. The summed E-state index contributed by atoms with van der Waals surface area (Å²) in [5.74, 6) is 0.365. The zero-order valence-corrected chi connectivity index (χ0v) is 19.5. The second-order valence-electron chi connectivity index (χ2n) is 7.52. The standard InChI is InChI=1S/C24H29ClN2O4/c1-15(2)31-24-19(25)12-18(13-21(24)30-6)10-11-23(29)27(5)14-22(28)26-20-9-7-8-16(3)17(20)4/h7-13,15H,14H2,1-6H3,(H,26,28)/b11-10+. The number of nitrogens with one attached hydrogen (secondary N) is 1. The van der Waals surface area contributed by atoms with Crippen LogP contribution in [0.4, 0.5) is 5.69 Å². The summed E-state index contributed by atoms with van der Waals surface area (Å²) in [6.07, 6.45) is 2.95. The Kier molecular flexibility index (Phi) is 8.51. The molecule has 0 unspecified atom stereocenters. The predicted molar refractivity (Wildman–Crippen MR) is 125 cm³/mol. The lowest BCUT2D eigenvalue weighted by Crippen LogP contribution is -2.34. The molecule has 0 saturated heterocycles. The summed E-state index contributed by atoms with van der Waals surface area (Å²) in [4.78, 5) is 26.1. The molecule has 0 saturated carbocycles. The van der Waals surface area contributed by atoms with Gasteiger partial charge in [0.2, 0.25) is 11.8 Å². The molecule has 0 atom stereocenters. The van der Waals surface area contributed by atoms with Crippen LogP contribution in [0.5, 0.6) is 11.5 Å². The van der Waals surface area contributed by atoms with Crippen molar-refractivity contribution in [3.05, 3.63) is 58.1 Å². The molecule has 6 nitrogen and oxygen atoms in total. The Morgan fingerprint density at radius 3 is 2.58 bits per heavy atom. The van der Waals surface area contributed by atoms with Gasteiger partial charge in [0.05, 0.1) is 24.8 Å². The van der Waals surface area contributed by atoms with Crippen LogP contribution < -0.4 is 14.8 Å². The molecule has 0 aliphatic heterocycles. The van der Waals surface area contributed by atoms with Crippen LogP contribution in [-0.2, 0) is 9.59 Å². The Morgan fingerprint density at radius 1 is 1.23 bits per heavy atom. The van der Waals surface area contributed by atoms with E-state index in [0.29, 0.717) is 22.1 Å². The highest BCUT2D eigenvalue weighted by molar-refractivity contribution is 6.32. The van der Waals surface area contributed by atoms with Gasteiger partial charge in [0.1, 0.15) is 0 Å². The van der Waals surface area contributed by atoms with Crippen molar-refractivity contribution in [1.82, 2.24) is 4.90 Å². The molecule has 0 aliphatic rings. The molecule has 0 fully saturated rings. The van der Waals surface area contributed by atoms with Gasteiger partial charge < -0.3 is 19.7 Å². The maximum Gasteiger partial charge on any atom is 0.246 e. The van der Waals surface area contributed by atoms with Crippen molar-refractivity contribution in [3.8, 4) is 11.5 Å². The average Bonchev–Trinajstić information content (AvgIpc) is 2.70. The summed E-state index contributed by atoms with van der Waals surface area (Å²) in [6.45, 7) is 7.65.